The van der Waals surface area contributed by atoms with E-state index in [0.29, 0.717) is 12.3 Å². The van der Waals surface area contributed by atoms with Crippen molar-refractivity contribution < 1.29 is 5.11 Å². The Labute approximate surface area is 121 Å². The van der Waals surface area contributed by atoms with Crippen LogP contribution in [-0.4, -0.2) is 29.7 Å². The topological polar surface area (TPSA) is 47.3 Å². The Morgan fingerprint density at radius 2 is 2.15 bits per heavy atom. The van der Waals surface area contributed by atoms with Crippen molar-refractivity contribution in [1.29, 1.82) is 5.26 Å². The van der Waals surface area contributed by atoms with Crippen molar-refractivity contribution in [2.75, 3.05) is 19.7 Å². The highest BCUT2D eigenvalue weighted by Crippen LogP contribution is 2.10. The van der Waals surface area contributed by atoms with Crippen LogP contribution in [0.15, 0.2) is 24.3 Å². The largest absolute Gasteiger partial charge is 0.384 e. The lowest BCUT2D eigenvalue weighted by molar-refractivity contribution is 0.241. The molecular weight excluding hydrogens is 248 g/mol. The van der Waals surface area contributed by atoms with Gasteiger partial charge in [0.15, 0.2) is 0 Å². The number of rotatable bonds is 6. The maximum absolute atomic E-state index is 8.74. The molecule has 0 saturated heterocycles. The van der Waals surface area contributed by atoms with Gasteiger partial charge in [0.1, 0.15) is 6.61 Å². The minimum atomic E-state index is -0.119. The van der Waals surface area contributed by atoms with Crippen molar-refractivity contribution in [3.63, 3.8) is 0 Å². The summed E-state index contributed by atoms with van der Waals surface area (Å²) in [6.45, 7) is 6.85. The van der Waals surface area contributed by atoms with Crippen LogP contribution in [0.2, 0.25) is 0 Å². The van der Waals surface area contributed by atoms with Gasteiger partial charge in [0.05, 0.1) is 6.07 Å². The lowest BCUT2D eigenvalue weighted by Crippen LogP contribution is -2.28. The molecule has 0 aliphatic rings. The minimum Gasteiger partial charge on any atom is -0.384 e. The van der Waals surface area contributed by atoms with E-state index in [4.69, 9.17) is 10.4 Å². The molecule has 20 heavy (non-hydrogen) atoms. The third-order valence-electron chi connectivity index (χ3n) is 2.81. The summed E-state index contributed by atoms with van der Waals surface area (Å²) in [7, 11) is 0. The van der Waals surface area contributed by atoms with Gasteiger partial charge in [-0.1, -0.05) is 37.8 Å². The maximum Gasteiger partial charge on any atom is 0.104 e. The molecule has 1 aromatic carbocycles. The van der Waals surface area contributed by atoms with Gasteiger partial charge >= 0.3 is 0 Å². The zero-order valence-corrected chi connectivity index (χ0v) is 12.3. The number of aliphatic hydroxyl groups is 1. The Bertz CT molecular complexity index is 506. The van der Waals surface area contributed by atoms with Crippen LogP contribution >= 0.6 is 0 Å². The number of benzene rings is 1. The molecule has 0 unspecified atom stereocenters. The lowest BCUT2D eigenvalue weighted by Gasteiger charge is -2.23. The molecule has 1 rings (SSSR count). The summed E-state index contributed by atoms with van der Waals surface area (Å²) in [4.78, 5) is 2.30. The quantitative estimate of drug-likeness (QED) is 0.807. The number of hydrogen-bond acceptors (Lipinski definition) is 3. The highest BCUT2D eigenvalue weighted by Gasteiger charge is 2.08. The van der Waals surface area contributed by atoms with Gasteiger partial charge < -0.3 is 5.11 Å². The molecule has 1 aromatic rings. The Hall–Kier alpha value is -1.81. The van der Waals surface area contributed by atoms with Crippen molar-refractivity contribution in [2.45, 2.75) is 26.8 Å². The van der Waals surface area contributed by atoms with Crippen molar-refractivity contribution in [1.82, 2.24) is 4.90 Å². The lowest BCUT2D eigenvalue weighted by atomic mass is 10.1. The van der Waals surface area contributed by atoms with Crippen molar-refractivity contribution in [3.05, 3.63) is 35.4 Å². The average Bonchev–Trinajstić information content (AvgIpc) is 2.42. The predicted molar refractivity (Wildman–Crippen MR) is 80.8 cm³/mol. The molecule has 106 valence electrons. The van der Waals surface area contributed by atoms with Crippen LogP contribution in [0.3, 0.4) is 0 Å². The zero-order chi connectivity index (χ0) is 14.8. The molecular formula is C17H22N2O. The molecule has 0 amide bonds. The van der Waals surface area contributed by atoms with Crippen LogP contribution in [-0.2, 0) is 6.54 Å². The summed E-state index contributed by atoms with van der Waals surface area (Å²) < 4.78 is 0. The first-order chi connectivity index (χ1) is 9.65. The third-order valence-corrected chi connectivity index (χ3v) is 2.81. The Morgan fingerprint density at radius 3 is 2.80 bits per heavy atom. The minimum absolute atomic E-state index is 0.119. The fourth-order valence-electron chi connectivity index (χ4n) is 2.11. The van der Waals surface area contributed by atoms with Crippen molar-refractivity contribution >= 4 is 0 Å². The second-order valence-electron chi connectivity index (χ2n) is 5.20. The van der Waals surface area contributed by atoms with Crippen LogP contribution < -0.4 is 0 Å². The SMILES string of the molecule is CC(C)CN(CCC#N)Cc1cccc(C#CCO)c1. The van der Waals surface area contributed by atoms with Crippen LogP contribution in [0.5, 0.6) is 0 Å². The normalized spacial score (nSPS) is 10.2. The van der Waals surface area contributed by atoms with E-state index in [2.05, 4.69) is 42.7 Å². The molecule has 0 aliphatic heterocycles. The summed E-state index contributed by atoms with van der Waals surface area (Å²) in [6.07, 6.45) is 0.552. The Balaban J connectivity index is 2.74. The van der Waals surface area contributed by atoms with Crippen LogP contribution in [0.1, 0.15) is 31.4 Å². The van der Waals surface area contributed by atoms with Crippen LogP contribution in [0, 0.1) is 29.1 Å². The molecule has 0 atom stereocenters. The molecule has 0 heterocycles. The molecule has 0 spiro atoms. The number of nitrogens with zero attached hydrogens (tertiary/aromatic N) is 2. The van der Waals surface area contributed by atoms with Gasteiger partial charge in [-0.25, -0.2) is 0 Å². The maximum atomic E-state index is 8.74. The summed E-state index contributed by atoms with van der Waals surface area (Å²) in [5, 5.41) is 17.5. The molecule has 0 radical (unpaired) electrons. The van der Waals surface area contributed by atoms with E-state index in [-0.39, 0.29) is 6.61 Å². The third kappa shape index (κ3) is 6.38. The predicted octanol–water partition coefficient (Wildman–Crippen LogP) is 2.40. The van der Waals surface area contributed by atoms with E-state index in [1.165, 1.54) is 5.56 Å². The van der Waals surface area contributed by atoms with Crippen molar-refractivity contribution in [3.8, 4) is 17.9 Å². The van der Waals surface area contributed by atoms with E-state index in [0.717, 1.165) is 25.2 Å². The van der Waals surface area contributed by atoms with E-state index in [9.17, 15) is 0 Å². The molecule has 0 saturated carbocycles. The zero-order valence-electron chi connectivity index (χ0n) is 12.3. The van der Waals surface area contributed by atoms with Gasteiger partial charge in [0.2, 0.25) is 0 Å². The van der Waals surface area contributed by atoms with E-state index >= 15 is 0 Å². The van der Waals surface area contributed by atoms with Gasteiger partial charge in [-0.2, -0.15) is 5.26 Å². The average molecular weight is 270 g/mol. The van der Waals surface area contributed by atoms with Gasteiger partial charge in [0, 0.05) is 31.6 Å². The van der Waals surface area contributed by atoms with Gasteiger partial charge in [-0.05, 0) is 23.6 Å². The van der Waals surface area contributed by atoms with Gasteiger partial charge in [-0.15, -0.1) is 0 Å². The summed E-state index contributed by atoms with van der Waals surface area (Å²) >= 11 is 0. The van der Waals surface area contributed by atoms with Crippen molar-refractivity contribution in [2.24, 2.45) is 5.92 Å². The molecule has 3 heteroatoms. The highest BCUT2D eigenvalue weighted by molar-refractivity contribution is 5.37. The number of hydrogen-bond donors (Lipinski definition) is 1. The summed E-state index contributed by atoms with van der Waals surface area (Å²) in [5.74, 6) is 6.16. The number of aliphatic hydroxyl groups excluding tert-OH is 1. The van der Waals surface area contributed by atoms with Crippen LogP contribution in [0.4, 0.5) is 0 Å². The number of nitriles is 1. The standard InChI is InChI=1S/C17H22N2O/c1-15(2)13-19(10-5-9-18)14-17-7-3-6-16(12-17)8-4-11-20/h3,6-7,12,15,20H,5,10-11,13-14H2,1-2H3. The monoisotopic (exact) mass is 270 g/mol. The first-order valence-corrected chi connectivity index (χ1v) is 6.93. The van der Waals surface area contributed by atoms with E-state index < -0.39 is 0 Å². The molecule has 0 fully saturated rings. The smallest absolute Gasteiger partial charge is 0.104 e. The van der Waals surface area contributed by atoms with E-state index in [1.54, 1.807) is 0 Å². The summed E-state index contributed by atoms with van der Waals surface area (Å²) in [5.41, 5.74) is 2.11. The van der Waals surface area contributed by atoms with Gasteiger partial charge in [-0.3, -0.25) is 4.90 Å². The molecule has 1 N–H and O–H groups in total. The molecule has 0 aliphatic carbocycles. The second-order valence-corrected chi connectivity index (χ2v) is 5.20. The fourth-order valence-corrected chi connectivity index (χ4v) is 2.11. The Morgan fingerprint density at radius 1 is 1.35 bits per heavy atom. The first-order valence-electron chi connectivity index (χ1n) is 6.93. The highest BCUT2D eigenvalue weighted by atomic mass is 16.2. The van der Waals surface area contributed by atoms with E-state index in [1.807, 2.05) is 18.2 Å². The molecule has 0 bridgehead atoms. The first kappa shape index (κ1) is 16.2. The molecule has 3 nitrogen and oxygen atoms in total. The molecule has 0 aromatic heterocycles. The van der Waals surface area contributed by atoms with Gasteiger partial charge in [0.25, 0.3) is 0 Å². The second kappa shape index (κ2) is 9.15. The van der Waals surface area contributed by atoms with Crippen LogP contribution in [0.25, 0.3) is 0 Å². The fraction of sp³-hybridized carbons (Fsp3) is 0.471. The summed E-state index contributed by atoms with van der Waals surface area (Å²) in [6, 6.07) is 10.2. The Kier molecular flexibility index (Phi) is 7.43.